The second-order valence-electron chi connectivity index (χ2n) is 2.87. The molecule has 6 heteroatoms. The number of carbonyl (C=O) groups is 2. The fourth-order valence-electron chi connectivity index (χ4n) is 0.829. The van der Waals surface area contributed by atoms with Gasteiger partial charge in [0.15, 0.2) is 0 Å². The zero-order chi connectivity index (χ0) is 10.6. The summed E-state index contributed by atoms with van der Waals surface area (Å²) in [6.07, 6.45) is -0.170. The Labute approximate surface area is 91.2 Å². The van der Waals surface area contributed by atoms with E-state index < -0.39 is 12.0 Å². The minimum atomic E-state index is -0.969. The number of carboxylic acids is 1. The van der Waals surface area contributed by atoms with Crippen LogP contribution in [0.3, 0.4) is 0 Å². The Bertz CT molecular complexity index is 206. The largest absolute Gasteiger partial charge is 0.481 e. The fraction of sp³-hybridized carbons (Fsp3) is 0.714. The average molecular weight is 300 g/mol. The second-order valence-corrected chi connectivity index (χ2v) is 4.39. The summed E-state index contributed by atoms with van der Waals surface area (Å²) in [5.74, 6) is -1.16. The number of nitrogens with zero attached hydrogens (tertiary/aromatic N) is 2. The average Bonchev–Trinajstić information content (AvgIpc) is 1.97. The molecule has 0 bridgehead atoms. The van der Waals surface area contributed by atoms with Crippen LogP contribution in [0.15, 0.2) is 0 Å². The monoisotopic (exact) mass is 300 g/mol. The molecule has 1 amide bonds. The minimum absolute atomic E-state index is 0.170. The third kappa shape index (κ3) is 4.41. The van der Waals surface area contributed by atoms with Gasteiger partial charge in [-0.1, -0.05) is 0 Å². The highest BCUT2D eigenvalue weighted by Gasteiger charge is 2.25. The first-order valence-corrected chi connectivity index (χ1v) is 4.64. The lowest BCUT2D eigenvalue weighted by Crippen LogP contribution is -2.41. The van der Waals surface area contributed by atoms with E-state index in [1.807, 2.05) is 22.9 Å². The minimum Gasteiger partial charge on any atom is -0.481 e. The van der Waals surface area contributed by atoms with Gasteiger partial charge >= 0.3 is 5.97 Å². The Morgan fingerprint density at radius 3 is 2.08 bits per heavy atom. The first kappa shape index (κ1) is 12.6. The molecule has 0 radical (unpaired) electrons. The zero-order valence-electron chi connectivity index (χ0n) is 7.82. The molecule has 1 atom stereocenters. The van der Waals surface area contributed by atoms with Crippen molar-refractivity contribution in [3.05, 3.63) is 0 Å². The van der Waals surface area contributed by atoms with E-state index >= 15 is 0 Å². The lowest BCUT2D eigenvalue weighted by atomic mass is 10.2. The summed E-state index contributed by atoms with van der Waals surface area (Å²) in [5, 5.41) is 8.56. The standard InChI is InChI=1S/C7H13IN2O3/c1-9(2)7(13)5(10(3)8)4-6(11)12/h5H,4H2,1-3H3,(H,11,12)/t5-/m1/s1. The molecule has 0 aliphatic heterocycles. The van der Waals surface area contributed by atoms with Gasteiger partial charge < -0.3 is 10.0 Å². The molecule has 0 aromatic carbocycles. The highest BCUT2D eigenvalue weighted by Crippen LogP contribution is 2.09. The molecule has 5 nitrogen and oxygen atoms in total. The summed E-state index contributed by atoms with van der Waals surface area (Å²) in [4.78, 5) is 23.3. The van der Waals surface area contributed by atoms with Crippen molar-refractivity contribution in [1.29, 1.82) is 0 Å². The van der Waals surface area contributed by atoms with E-state index in [1.54, 1.807) is 24.3 Å². The van der Waals surface area contributed by atoms with E-state index in [4.69, 9.17) is 5.11 Å². The smallest absolute Gasteiger partial charge is 0.305 e. The van der Waals surface area contributed by atoms with E-state index in [9.17, 15) is 9.59 Å². The van der Waals surface area contributed by atoms with Gasteiger partial charge in [-0.2, -0.15) is 0 Å². The van der Waals surface area contributed by atoms with Crippen LogP contribution in [0, 0.1) is 0 Å². The maximum absolute atomic E-state index is 11.4. The summed E-state index contributed by atoms with van der Waals surface area (Å²) in [7, 11) is 4.89. The van der Waals surface area contributed by atoms with Crippen molar-refractivity contribution < 1.29 is 14.7 Å². The third-order valence-electron chi connectivity index (χ3n) is 1.52. The van der Waals surface area contributed by atoms with Gasteiger partial charge in [-0.15, -0.1) is 0 Å². The molecule has 0 aliphatic carbocycles. The van der Waals surface area contributed by atoms with Crippen molar-refractivity contribution in [3.8, 4) is 0 Å². The Morgan fingerprint density at radius 1 is 1.38 bits per heavy atom. The first-order chi connectivity index (χ1) is 5.86. The van der Waals surface area contributed by atoms with Gasteiger partial charge in [-0.3, -0.25) is 9.59 Å². The number of hydrogen-bond donors (Lipinski definition) is 1. The predicted molar refractivity (Wildman–Crippen MR) is 56.5 cm³/mol. The van der Waals surface area contributed by atoms with Crippen LogP contribution >= 0.6 is 22.9 Å². The van der Waals surface area contributed by atoms with Crippen molar-refractivity contribution in [2.45, 2.75) is 12.5 Å². The molecule has 0 heterocycles. The highest BCUT2D eigenvalue weighted by molar-refractivity contribution is 14.1. The molecule has 0 aromatic rings. The molecular weight excluding hydrogens is 287 g/mol. The Morgan fingerprint density at radius 2 is 1.85 bits per heavy atom. The van der Waals surface area contributed by atoms with Crippen LogP contribution in [0.1, 0.15) is 6.42 Å². The molecule has 76 valence electrons. The van der Waals surface area contributed by atoms with Crippen molar-refractivity contribution in [2.75, 3.05) is 21.1 Å². The lowest BCUT2D eigenvalue weighted by molar-refractivity contribution is -0.142. The van der Waals surface area contributed by atoms with Gasteiger partial charge in [0.25, 0.3) is 0 Å². The number of carboxylic acid groups (broad SMARTS) is 1. The molecule has 0 aromatic heterocycles. The topological polar surface area (TPSA) is 60.9 Å². The van der Waals surface area contributed by atoms with Crippen LogP contribution in [0.2, 0.25) is 0 Å². The number of rotatable bonds is 4. The van der Waals surface area contributed by atoms with E-state index in [1.165, 1.54) is 4.90 Å². The van der Waals surface area contributed by atoms with E-state index in [2.05, 4.69) is 0 Å². The molecule has 0 fully saturated rings. The molecule has 0 spiro atoms. The van der Waals surface area contributed by atoms with Crippen LogP contribution in [-0.2, 0) is 9.59 Å². The Balaban J connectivity index is 4.42. The quantitative estimate of drug-likeness (QED) is 0.595. The third-order valence-corrected chi connectivity index (χ3v) is 2.20. The fourth-order valence-corrected chi connectivity index (χ4v) is 1.26. The number of carbonyl (C=O) groups excluding carboxylic acids is 1. The van der Waals surface area contributed by atoms with Crippen LogP contribution in [0.4, 0.5) is 0 Å². The summed E-state index contributed by atoms with van der Waals surface area (Å²) < 4.78 is 1.58. The summed E-state index contributed by atoms with van der Waals surface area (Å²) in [6, 6.07) is -0.590. The maximum Gasteiger partial charge on any atom is 0.305 e. The van der Waals surface area contributed by atoms with Crippen molar-refractivity contribution >= 4 is 34.7 Å². The summed E-state index contributed by atoms with van der Waals surface area (Å²) in [5.41, 5.74) is 0. The van der Waals surface area contributed by atoms with Crippen LogP contribution in [0.5, 0.6) is 0 Å². The van der Waals surface area contributed by atoms with Gasteiger partial charge in [0, 0.05) is 37.0 Å². The van der Waals surface area contributed by atoms with Gasteiger partial charge in [-0.05, 0) is 7.05 Å². The maximum atomic E-state index is 11.4. The predicted octanol–water partition coefficient (Wildman–Crippen LogP) is 0.200. The second kappa shape index (κ2) is 5.38. The summed E-state index contributed by atoms with van der Waals surface area (Å²) in [6.45, 7) is 0. The van der Waals surface area contributed by atoms with Crippen molar-refractivity contribution in [1.82, 2.24) is 8.01 Å². The van der Waals surface area contributed by atoms with Crippen molar-refractivity contribution in [3.63, 3.8) is 0 Å². The normalized spacial score (nSPS) is 12.7. The zero-order valence-corrected chi connectivity index (χ0v) is 9.98. The highest BCUT2D eigenvalue weighted by atomic mass is 127. The molecule has 1 N–H and O–H groups in total. The number of hydrogen-bond acceptors (Lipinski definition) is 3. The van der Waals surface area contributed by atoms with E-state index in [0.29, 0.717) is 0 Å². The van der Waals surface area contributed by atoms with Gasteiger partial charge in [-0.25, -0.2) is 3.11 Å². The Kier molecular flexibility index (Phi) is 5.23. The molecule has 0 saturated heterocycles. The number of halogens is 1. The Hall–Kier alpha value is -0.370. The number of likely N-dealkylation sites (N-methyl/N-ethyl adjacent to an activating group) is 2. The van der Waals surface area contributed by atoms with Gasteiger partial charge in [0.05, 0.1) is 6.42 Å². The molecule has 0 saturated carbocycles. The van der Waals surface area contributed by atoms with E-state index in [0.717, 1.165) is 0 Å². The number of aliphatic carboxylic acids is 1. The van der Waals surface area contributed by atoms with Crippen LogP contribution < -0.4 is 0 Å². The first-order valence-electron chi connectivity index (χ1n) is 3.67. The van der Waals surface area contributed by atoms with Gasteiger partial charge in [0.2, 0.25) is 5.91 Å². The molecule has 0 unspecified atom stereocenters. The molecule has 13 heavy (non-hydrogen) atoms. The van der Waals surface area contributed by atoms with Crippen LogP contribution in [-0.4, -0.2) is 52.2 Å². The molecule has 0 rings (SSSR count). The summed E-state index contributed by atoms with van der Waals surface area (Å²) >= 11 is 1.91. The SMILES string of the molecule is CN(C)C(=O)[C@@H](CC(=O)O)N(C)I. The molecule has 0 aliphatic rings. The van der Waals surface area contributed by atoms with Crippen LogP contribution in [0.25, 0.3) is 0 Å². The van der Waals surface area contributed by atoms with Gasteiger partial charge in [0.1, 0.15) is 6.04 Å². The molecular formula is C7H13IN2O3. The van der Waals surface area contributed by atoms with E-state index in [-0.39, 0.29) is 12.3 Å². The lowest BCUT2D eigenvalue weighted by Gasteiger charge is -2.23. The van der Waals surface area contributed by atoms with Crippen molar-refractivity contribution in [2.24, 2.45) is 0 Å². The number of amides is 1.